The Kier molecular flexibility index (Phi) is 4.69. The largest absolute Gasteiger partial charge is 0.491 e. The fraction of sp³-hybridized carbons (Fsp3) is 0.111. The van der Waals surface area contributed by atoms with E-state index in [1.807, 2.05) is 54.6 Å². The van der Waals surface area contributed by atoms with Crippen molar-refractivity contribution in [2.24, 2.45) is 0 Å². The zero-order valence-corrected chi connectivity index (χ0v) is 12.5. The van der Waals surface area contributed by atoms with Crippen molar-refractivity contribution < 1.29 is 9.53 Å². The third-order valence-electron chi connectivity index (χ3n) is 3.32. The van der Waals surface area contributed by atoms with Gasteiger partial charge in [-0.05, 0) is 24.3 Å². The molecule has 2 N–H and O–H groups in total. The number of carbonyl (C=O) groups excluding carboxylic acids is 1. The molecular weight excluding hydrogens is 290 g/mol. The van der Waals surface area contributed by atoms with Gasteiger partial charge in [-0.1, -0.05) is 30.3 Å². The number of para-hydroxylation sites is 1. The summed E-state index contributed by atoms with van der Waals surface area (Å²) in [5.74, 6) is 0.787. The van der Waals surface area contributed by atoms with Gasteiger partial charge in [0.1, 0.15) is 12.4 Å². The van der Waals surface area contributed by atoms with E-state index >= 15 is 0 Å². The Morgan fingerprint density at radius 1 is 1.04 bits per heavy atom. The number of ether oxygens (including phenoxy) is 1. The Morgan fingerprint density at radius 3 is 2.78 bits per heavy atom. The summed E-state index contributed by atoms with van der Waals surface area (Å²) in [7, 11) is 0. The van der Waals surface area contributed by atoms with Crippen LogP contribution >= 0.6 is 0 Å². The molecule has 5 nitrogen and oxygen atoms in total. The number of hydrogen-bond donors (Lipinski definition) is 2. The molecule has 2 amide bonds. The molecule has 0 aliphatic rings. The third kappa shape index (κ3) is 3.97. The Labute approximate surface area is 134 Å². The van der Waals surface area contributed by atoms with Gasteiger partial charge in [-0.15, -0.1) is 0 Å². The predicted octanol–water partition coefficient (Wildman–Crippen LogP) is 3.44. The average Bonchev–Trinajstić information content (AvgIpc) is 2.60. The number of benzene rings is 2. The number of carbonyl (C=O) groups is 1. The number of hydrogen-bond acceptors (Lipinski definition) is 3. The van der Waals surface area contributed by atoms with Crippen molar-refractivity contribution in [2.45, 2.75) is 0 Å². The molecule has 0 saturated heterocycles. The maximum absolute atomic E-state index is 11.8. The highest BCUT2D eigenvalue weighted by Gasteiger charge is 2.03. The van der Waals surface area contributed by atoms with E-state index in [4.69, 9.17) is 4.74 Å². The van der Waals surface area contributed by atoms with Crippen LogP contribution in [0.5, 0.6) is 5.75 Å². The van der Waals surface area contributed by atoms with Crippen LogP contribution < -0.4 is 15.4 Å². The third-order valence-corrected chi connectivity index (χ3v) is 3.32. The molecule has 0 radical (unpaired) electrons. The maximum atomic E-state index is 11.8. The molecule has 1 heterocycles. The fourth-order valence-electron chi connectivity index (χ4n) is 2.24. The summed E-state index contributed by atoms with van der Waals surface area (Å²) >= 11 is 0. The highest BCUT2D eigenvalue weighted by atomic mass is 16.5. The number of pyridine rings is 1. The van der Waals surface area contributed by atoms with Crippen LogP contribution in [-0.4, -0.2) is 24.2 Å². The predicted molar refractivity (Wildman–Crippen MR) is 90.7 cm³/mol. The van der Waals surface area contributed by atoms with Crippen LogP contribution in [0.15, 0.2) is 67.0 Å². The van der Waals surface area contributed by atoms with Gasteiger partial charge in [0, 0.05) is 28.9 Å². The van der Waals surface area contributed by atoms with Crippen LogP contribution in [0.1, 0.15) is 0 Å². The standard InChI is InChI=1S/C18H17N3O2/c22-18(21-15-6-2-1-3-7-15)20-11-12-23-17-8-4-5-14-13-19-10-9-16(14)17/h1-10,13H,11-12H2,(H2,20,21,22). The number of nitrogens with one attached hydrogen (secondary N) is 2. The second kappa shape index (κ2) is 7.26. The van der Waals surface area contributed by atoms with Gasteiger partial charge in [-0.3, -0.25) is 4.98 Å². The van der Waals surface area contributed by atoms with Crippen LogP contribution in [0.2, 0.25) is 0 Å². The van der Waals surface area contributed by atoms with E-state index in [9.17, 15) is 4.79 Å². The topological polar surface area (TPSA) is 63.2 Å². The number of aromatic nitrogens is 1. The number of fused-ring (bicyclic) bond motifs is 1. The Hall–Kier alpha value is -3.08. The normalized spacial score (nSPS) is 10.3. The van der Waals surface area contributed by atoms with Gasteiger partial charge in [-0.2, -0.15) is 0 Å². The summed E-state index contributed by atoms with van der Waals surface area (Å²) in [6.07, 6.45) is 3.54. The monoisotopic (exact) mass is 307 g/mol. The highest BCUT2D eigenvalue weighted by molar-refractivity contribution is 5.89. The zero-order chi connectivity index (χ0) is 15.9. The molecule has 0 saturated carbocycles. The van der Waals surface area contributed by atoms with Gasteiger partial charge >= 0.3 is 6.03 Å². The van der Waals surface area contributed by atoms with Gasteiger partial charge in [-0.25, -0.2) is 4.79 Å². The molecule has 3 aromatic rings. The molecule has 0 aliphatic carbocycles. The number of urea groups is 1. The molecule has 3 rings (SSSR count). The fourth-order valence-corrected chi connectivity index (χ4v) is 2.24. The van der Waals surface area contributed by atoms with Crippen molar-refractivity contribution in [3.63, 3.8) is 0 Å². The lowest BCUT2D eigenvalue weighted by Crippen LogP contribution is -2.32. The van der Waals surface area contributed by atoms with Crippen LogP contribution in [0.25, 0.3) is 10.8 Å². The molecule has 5 heteroatoms. The van der Waals surface area contributed by atoms with Gasteiger partial charge < -0.3 is 15.4 Å². The molecule has 23 heavy (non-hydrogen) atoms. The smallest absolute Gasteiger partial charge is 0.319 e. The first-order valence-corrected chi connectivity index (χ1v) is 7.38. The summed E-state index contributed by atoms with van der Waals surface area (Å²) in [6.45, 7) is 0.809. The van der Waals surface area contributed by atoms with Gasteiger partial charge in [0.25, 0.3) is 0 Å². The molecule has 0 aliphatic heterocycles. The summed E-state index contributed by atoms with van der Waals surface area (Å²) < 4.78 is 5.75. The number of amides is 2. The Balaban J connectivity index is 1.49. The first kappa shape index (κ1) is 14.8. The lowest BCUT2D eigenvalue weighted by atomic mass is 10.1. The maximum Gasteiger partial charge on any atom is 0.319 e. The lowest BCUT2D eigenvalue weighted by molar-refractivity contribution is 0.247. The van der Waals surface area contributed by atoms with Crippen molar-refractivity contribution in [1.29, 1.82) is 0 Å². The van der Waals surface area contributed by atoms with E-state index in [-0.39, 0.29) is 6.03 Å². The summed E-state index contributed by atoms with van der Waals surface area (Å²) in [6, 6.07) is 16.8. The van der Waals surface area contributed by atoms with Crippen molar-refractivity contribution >= 4 is 22.5 Å². The molecule has 0 atom stereocenters. The second-order valence-electron chi connectivity index (χ2n) is 4.95. The van der Waals surface area contributed by atoms with Gasteiger partial charge in [0.15, 0.2) is 0 Å². The number of rotatable bonds is 5. The quantitative estimate of drug-likeness (QED) is 0.710. The summed E-state index contributed by atoms with van der Waals surface area (Å²) in [5, 5.41) is 7.56. The first-order valence-electron chi connectivity index (χ1n) is 7.38. The molecule has 1 aromatic heterocycles. The summed E-state index contributed by atoms with van der Waals surface area (Å²) in [5.41, 5.74) is 0.757. The van der Waals surface area contributed by atoms with E-state index < -0.39 is 0 Å². The number of nitrogens with zero attached hydrogens (tertiary/aromatic N) is 1. The van der Waals surface area contributed by atoms with Crippen molar-refractivity contribution in [3.05, 3.63) is 67.0 Å². The molecule has 0 unspecified atom stereocenters. The first-order chi connectivity index (χ1) is 11.3. The average molecular weight is 307 g/mol. The highest BCUT2D eigenvalue weighted by Crippen LogP contribution is 2.24. The minimum Gasteiger partial charge on any atom is -0.491 e. The van der Waals surface area contributed by atoms with Crippen molar-refractivity contribution in [1.82, 2.24) is 10.3 Å². The van der Waals surface area contributed by atoms with E-state index in [0.717, 1.165) is 22.2 Å². The lowest BCUT2D eigenvalue weighted by Gasteiger charge is -2.10. The van der Waals surface area contributed by atoms with Crippen LogP contribution in [-0.2, 0) is 0 Å². The summed E-state index contributed by atoms with van der Waals surface area (Å²) in [4.78, 5) is 15.8. The second-order valence-corrected chi connectivity index (χ2v) is 4.95. The van der Waals surface area contributed by atoms with Gasteiger partial charge in [0.05, 0.1) is 6.54 Å². The molecule has 2 aromatic carbocycles. The van der Waals surface area contributed by atoms with Crippen LogP contribution in [0, 0.1) is 0 Å². The minimum atomic E-state index is -0.248. The molecule has 0 bridgehead atoms. The zero-order valence-electron chi connectivity index (χ0n) is 12.5. The van der Waals surface area contributed by atoms with E-state index in [1.165, 1.54) is 0 Å². The van der Waals surface area contributed by atoms with Gasteiger partial charge in [0.2, 0.25) is 0 Å². The Morgan fingerprint density at radius 2 is 1.91 bits per heavy atom. The van der Waals surface area contributed by atoms with Crippen molar-refractivity contribution in [3.8, 4) is 5.75 Å². The van der Waals surface area contributed by atoms with E-state index in [2.05, 4.69) is 15.6 Å². The van der Waals surface area contributed by atoms with Crippen LogP contribution in [0.4, 0.5) is 10.5 Å². The minimum absolute atomic E-state index is 0.248. The van der Waals surface area contributed by atoms with Crippen LogP contribution in [0.3, 0.4) is 0 Å². The SMILES string of the molecule is O=C(NCCOc1cccc2cnccc12)Nc1ccccc1. The molecular formula is C18H17N3O2. The van der Waals surface area contributed by atoms with Crippen molar-refractivity contribution in [2.75, 3.05) is 18.5 Å². The molecule has 0 spiro atoms. The Bertz CT molecular complexity index is 785. The van der Waals surface area contributed by atoms with E-state index in [1.54, 1.807) is 12.4 Å². The molecule has 0 fully saturated rings. The van der Waals surface area contributed by atoms with E-state index in [0.29, 0.717) is 13.2 Å². The molecule has 116 valence electrons. The number of anilines is 1.